The van der Waals surface area contributed by atoms with Crippen LogP contribution in [-0.2, 0) is 4.79 Å². The van der Waals surface area contributed by atoms with Crippen LogP contribution in [0.1, 0.15) is 36.8 Å². The molecule has 5 heteroatoms. The number of aromatic nitrogens is 1. The third-order valence-electron chi connectivity index (χ3n) is 4.34. The van der Waals surface area contributed by atoms with E-state index in [4.69, 9.17) is 4.98 Å². The van der Waals surface area contributed by atoms with E-state index in [9.17, 15) is 10.1 Å². The number of thiazole rings is 1. The lowest BCUT2D eigenvalue weighted by Crippen LogP contribution is -2.08. The lowest BCUT2D eigenvalue weighted by molar-refractivity contribution is -0.115. The molecule has 0 bridgehead atoms. The summed E-state index contributed by atoms with van der Waals surface area (Å²) >= 11 is 1.33. The van der Waals surface area contributed by atoms with Crippen LogP contribution in [0.5, 0.6) is 0 Å². The van der Waals surface area contributed by atoms with Crippen molar-refractivity contribution in [2.45, 2.75) is 26.2 Å². The zero-order chi connectivity index (χ0) is 19.9. The summed E-state index contributed by atoms with van der Waals surface area (Å²) in [5, 5.41) is 13.9. The Hall–Kier alpha value is -3.23. The standard InChI is InChI=1S/C23H21N3OS/c1-3-20(27)25-23-21(18-12-8-5-9-13-18)26-22(28-23)19(15-24)14-16(2)17-10-6-4-7-11-17/h4-14,16H,3H2,1-2H3,(H,25,27)/b19-14-. The molecule has 0 aliphatic heterocycles. The van der Waals surface area contributed by atoms with Crippen LogP contribution >= 0.6 is 11.3 Å². The number of hydrogen-bond donors (Lipinski definition) is 1. The minimum absolute atomic E-state index is 0.0764. The van der Waals surface area contributed by atoms with Crippen molar-refractivity contribution in [3.05, 3.63) is 77.3 Å². The molecule has 1 heterocycles. The zero-order valence-corrected chi connectivity index (χ0v) is 16.7. The van der Waals surface area contributed by atoms with Gasteiger partial charge in [-0.1, -0.05) is 91.9 Å². The quantitative estimate of drug-likeness (QED) is 0.538. The van der Waals surface area contributed by atoms with E-state index < -0.39 is 0 Å². The largest absolute Gasteiger partial charge is 0.316 e. The molecule has 0 radical (unpaired) electrons. The van der Waals surface area contributed by atoms with Gasteiger partial charge < -0.3 is 5.32 Å². The first-order valence-electron chi connectivity index (χ1n) is 9.15. The van der Waals surface area contributed by atoms with Crippen LogP contribution in [0, 0.1) is 11.3 Å². The van der Waals surface area contributed by atoms with Crippen molar-refractivity contribution >= 4 is 27.8 Å². The molecule has 0 saturated heterocycles. The van der Waals surface area contributed by atoms with Crippen LogP contribution in [0.4, 0.5) is 5.00 Å². The monoisotopic (exact) mass is 387 g/mol. The SMILES string of the molecule is CCC(=O)Nc1sc(/C(C#N)=C\C(C)c2ccccc2)nc1-c1ccccc1. The predicted octanol–water partition coefficient (Wildman–Crippen LogP) is 5.87. The van der Waals surface area contributed by atoms with Gasteiger partial charge in [0.25, 0.3) is 0 Å². The number of allylic oxidation sites excluding steroid dienone is 2. The van der Waals surface area contributed by atoms with Crippen molar-refractivity contribution in [1.82, 2.24) is 4.98 Å². The fourth-order valence-electron chi connectivity index (χ4n) is 2.79. The van der Waals surface area contributed by atoms with E-state index in [2.05, 4.69) is 18.3 Å². The van der Waals surface area contributed by atoms with Gasteiger partial charge >= 0.3 is 0 Å². The minimum Gasteiger partial charge on any atom is -0.316 e. The second kappa shape index (κ2) is 9.12. The second-order valence-corrected chi connectivity index (χ2v) is 7.36. The Morgan fingerprint density at radius 3 is 2.43 bits per heavy atom. The Balaban J connectivity index is 2.01. The molecule has 0 saturated carbocycles. The predicted molar refractivity (Wildman–Crippen MR) is 115 cm³/mol. The Kier molecular flexibility index (Phi) is 6.36. The van der Waals surface area contributed by atoms with Gasteiger partial charge in [0.1, 0.15) is 21.8 Å². The van der Waals surface area contributed by atoms with Crippen LogP contribution < -0.4 is 5.32 Å². The summed E-state index contributed by atoms with van der Waals surface area (Å²) in [6.45, 7) is 3.86. The maximum atomic E-state index is 12.0. The van der Waals surface area contributed by atoms with E-state index in [1.54, 1.807) is 0 Å². The summed E-state index contributed by atoms with van der Waals surface area (Å²) < 4.78 is 0. The molecule has 3 rings (SSSR count). The molecule has 1 aromatic heterocycles. The molecule has 1 amide bonds. The van der Waals surface area contributed by atoms with Gasteiger partial charge in [-0.15, -0.1) is 0 Å². The third kappa shape index (κ3) is 4.54. The number of carbonyl (C=O) groups excluding carboxylic acids is 1. The highest BCUT2D eigenvalue weighted by Gasteiger charge is 2.18. The van der Waals surface area contributed by atoms with E-state index in [0.29, 0.717) is 27.7 Å². The van der Waals surface area contributed by atoms with Gasteiger partial charge in [-0.25, -0.2) is 4.98 Å². The number of nitrogens with zero attached hydrogens (tertiary/aromatic N) is 2. The summed E-state index contributed by atoms with van der Waals surface area (Å²) in [7, 11) is 0. The fraction of sp³-hybridized carbons (Fsp3) is 0.174. The normalized spacial score (nSPS) is 12.2. The molecule has 1 atom stereocenters. The smallest absolute Gasteiger partial charge is 0.224 e. The minimum atomic E-state index is -0.0764. The lowest BCUT2D eigenvalue weighted by Gasteiger charge is -2.06. The summed E-state index contributed by atoms with van der Waals surface area (Å²) in [6.07, 6.45) is 2.31. The van der Waals surface area contributed by atoms with E-state index in [1.165, 1.54) is 11.3 Å². The van der Waals surface area contributed by atoms with Gasteiger partial charge in [0, 0.05) is 17.9 Å². The van der Waals surface area contributed by atoms with Crippen molar-refractivity contribution in [3.63, 3.8) is 0 Å². The van der Waals surface area contributed by atoms with Crippen LogP contribution in [0.2, 0.25) is 0 Å². The molecule has 4 nitrogen and oxygen atoms in total. The molecule has 2 aromatic carbocycles. The fourth-order valence-corrected chi connectivity index (χ4v) is 3.76. The number of benzene rings is 2. The van der Waals surface area contributed by atoms with Gasteiger partial charge in [-0.3, -0.25) is 4.79 Å². The second-order valence-electron chi connectivity index (χ2n) is 6.36. The molecule has 1 unspecified atom stereocenters. The molecule has 0 aliphatic carbocycles. The molecule has 140 valence electrons. The van der Waals surface area contributed by atoms with Crippen LogP contribution in [0.3, 0.4) is 0 Å². The number of rotatable bonds is 6. The highest BCUT2D eigenvalue weighted by atomic mass is 32.1. The number of amides is 1. The van der Waals surface area contributed by atoms with Crippen molar-refractivity contribution < 1.29 is 4.79 Å². The van der Waals surface area contributed by atoms with Crippen molar-refractivity contribution in [3.8, 4) is 17.3 Å². The third-order valence-corrected chi connectivity index (χ3v) is 5.35. The summed E-state index contributed by atoms with van der Waals surface area (Å²) in [4.78, 5) is 16.7. The van der Waals surface area contributed by atoms with E-state index in [0.717, 1.165) is 11.1 Å². The molecular weight excluding hydrogens is 366 g/mol. The Labute approximate surface area is 169 Å². The molecule has 0 aliphatic rings. The van der Waals surface area contributed by atoms with Crippen molar-refractivity contribution in [2.24, 2.45) is 0 Å². The number of nitriles is 1. The summed E-state index contributed by atoms with van der Waals surface area (Å²) in [5.41, 5.74) is 3.24. The maximum absolute atomic E-state index is 12.0. The molecular formula is C23H21N3OS. The molecule has 1 N–H and O–H groups in total. The Morgan fingerprint density at radius 2 is 1.82 bits per heavy atom. The average molecular weight is 388 g/mol. The molecule has 0 spiro atoms. The van der Waals surface area contributed by atoms with Gasteiger partial charge in [-0.2, -0.15) is 5.26 Å². The highest BCUT2D eigenvalue weighted by Crippen LogP contribution is 2.36. The first-order valence-corrected chi connectivity index (χ1v) is 9.97. The Bertz CT molecular complexity index is 1020. The maximum Gasteiger partial charge on any atom is 0.224 e. The number of nitrogens with one attached hydrogen (secondary N) is 1. The number of hydrogen-bond acceptors (Lipinski definition) is 4. The Morgan fingerprint density at radius 1 is 1.18 bits per heavy atom. The molecule has 0 fully saturated rings. The van der Waals surface area contributed by atoms with E-state index in [1.807, 2.05) is 73.7 Å². The average Bonchev–Trinajstić information content (AvgIpc) is 3.16. The van der Waals surface area contributed by atoms with Gasteiger partial charge in [-0.05, 0) is 5.56 Å². The summed E-state index contributed by atoms with van der Waals surface area (Å²) in [5.74, 6) is 0.00105. The molecule has 3 aromatic rings. The number of carbonyl (C=O) groups is 1. The van der Waals surface area contributed by atoms with E-state index in [-0.39, 0.29) is 11.8 Å². The van der Waals surface area contributed by atoms with Crippen molar-refractivity contribution in [2.75, 3.05) is 5.32 Å². The zero-order valence-electron chi connectivity index (χ0n) is 15.8. The molecule has 28 heavy (non-hydrogen) atoms. The first-order chi connectivity index (χ1) is 13.6. The van der Waals surface area contributed by atoms with Gasteiger partial charge in [0.15, 0.2) is 0 Å². The van der Waals surface area contributed by atoms with Crippen LogP contribution in [0.15, 0.2) is 66.7 Å². The van der Waals surface area contributed by atoms with Crippen LogP contribution in [-0.4, -0.2) is 10.9 Å². The topological polar surface area (TPSA) is 65.8 Å². The number of anilines is 1. The van der Waals surface area contributed by atoms with Crippen LogP contribution in [0.25, 0.3) is 16.8 Å². The first kappa shape index (κ1) is 19.5. The van der Waals surface area contributed by atoms with E-state index >= 15 is 0 Å². The van der Waals surface area contributed by atoms with Gasteiger partial charge in [0.2, 0.25) is 5.91 Å². The lowest BCUT2D eigenvalue weighted by atomic mass is 9.99. The van der Waals surface area contributed by atoms with Gasteiger partial charge in [0.05, 0.1) is 5.57 Å². The highest BCUT2D eigenvalue weighted by molar-refractivity contribution is 7.17. The van der Waals surface area contributed by atoms with Crippen molar-refractivity contribution in [1.29, 1.82) is 5.26 Å². The summed E-state index contributed by atoms with van der Waals surface area (Å²) in [6, 6.07) is 22.0.